The van der Waals surface area contributed by atoms with Crippen molar-refractivity contribution >= 4 is 0 Å². The monoisotopic (exact) mass is 263 g/mol. The normalized spacial score (nSPS) is 26.4. The van der Waals surface area contributed by atoms with Gasteiger partial charge in [-0.05, 0) is 37.5 Å². The van der Waals surface area contributed by atoms with Gasteiger partial charge in [-0.3, -0.25) is 0 Å². The van der Waals surface area contributed by atoms with Crippen molar-refractivity contribution in [1.82, 2.24) is 14.9 Å². The van der Waals surface area contributed by atoms with Crippen molar-refractivity contribution in [2.24, 2.45) is 11.3 Å². The highest BCUT2D eigenvalue weighted by atomic mass is 15.1. The molecule has 3 unspecified atom stereocenters. The molecule has 2 rings (SSSR count). The Bertz CT molecular complexity index is 402. The molecule has 3 atom stereocenters. The molecule has 108 valence electrons. The van der Waals surface area contributed by atoms with Crippen LogP contribution in [0.4, 0.5) is 0 Å². The van der Waals surface area contributed by atoms with E-state index >= 15 is 0 Å². The molecule has 0 aromatic carbocycles. The lowest BCUT2D eigenvalue weighted by Gasteiger charge is -2.32. The van der Waals surface area contributed by atoms with Crippen LogP contribution in [0.3, 0.4) is 0 Å². The van der Waals surface area contributed by atoms with Crippen LogP contribution in [0, 0.1) is 11.3 Å². The molecule has 0 bridgehead atoms. The largest absolute Gasteiger partial charge is 0.333 e. The second-order valence-corrected chi connectivity index (χ2v) is 7.29. The zero-order valence-corrected chi connectivity index (χ0v) is 13.1. The predicted octanol–water partition coefficient (Wildman–Crippen LogP) is 3.77. The molecule has 3 heteroatoms. The predicted molar refractivity (Wildman–Crippen MR) is 80.0 cm³/mol. The molecule has 1 aliphatic rings. The van der Waals surface area contributed by atoms with E-state index in [9.17, 15) is 0 Å². The Labute approximate surface area is 117 Å². The van der Waals surface area contributed by atoms with Crippen molar-refractivity contribution < 1.29 is 0 Å². The summed E-state index contributed by atoms with van der Waals surface area (Å²) in [7, 11) is 0. The molecule has 1 saturated heterocycles. The zero-order valence-electron chi connectivity index (χ0n) is 13.1. The molecule has 0 spiro atoms. The van der Waals surface area contributed by atoms with Crippen molar-refractivity contribution in [3.8, 4) is 0 Å². The average molecular weight is 263 g/mol. The average Bonchev–Trinajstić information content (AvgIpc) is 2.76. The number of nitrogens with zero attached hydrogens (tertiary/aromatic N) is 2. The van der Waals surface area contributed by atoms with Crippen LogP contribution < -0.4 is 5.32 Å². The summed E-state index contributed by atoms with van der Waals surface area (Å²) < 4.78 is 2.35. The fourth-order valence-electron chi connectivity index (χ4n) is 2.71. The Kier molecular flexibility index (Phi) is 4.34. The molecule has 1 aromatic rings. The van der Waals surface area contributed by atoms with E-state index in [1.54, 1.807) is 0 Å². The molecule has 2 heterocycles. The first-order valence-corrected chi connectivity index (χ1v) is 7.64. The summed E-state index contributed by atoms with van der Waals surface area (Å²) in [5.41, 5.74) is 1.71. The first-order valence-electron chi connectivity index (χ1n) is 7.64. The van der Waals surface area contributed by atoms with Gasteiger partial charge >= 0.3 is 0 Å². The molecular formula is C16H29N3. The highest BCUT2D eigenvalue weighted by molar-refractivity contribution is 5.07. The van der Waals surface area contributed by atoms with Gasteiger partial charge < -0.3 is 9.88 Å². The highest BCUT2D eigenvalue weighted by Gasteiger charge is 2.25. The van der Waals surface area contributed by atoms with Gasteiger partial charge in [0.2, 0.25) is 0 Å². The van der Waals surface area contributed by atoms with Crippen molar-refractivity contribution in [3.63, 3.8) is 0 Å². The summed E-state index contributed by atoms with van der Waals surface area (Å²) >= 11 is 0. The van der Waals surface area contributed by atoms with Crippen LogP contribution in [0.15, 0.2) is 12.5 Å². The molecule has 19 heavy (non-hydrogen) atoms. The van der Waals surface area contributed by atoms with Crippen LogP contribution in [-0.4, -0.2) is 15.6 Å². The lowest BCUT2D eigenvalue weighted by atomic mass is 9.82. The van der Waals surface area contributed by atoms with Crippen molar-refractivity contribution in [2.75, 3.05) is 0 Å². The lowest BCUT2D eigenvalue weighted by molar-refractivity contribution is 0.226. The molecule has 0 saturated carbocycles. The molecular weight excluding hydrogens is 234 g/mol. The smallest absolute Gasteiger partial charge is 0.0948 e. The number of piperidine rings is 1. The summed E-state index contributed by atoms with van der Waals surface area (Å²) in [5, 5.41) is 3.71. The van der Waals surface area contributed by atoms with Gasteiger partial charge in [-0.15, -0.1) is 0 Å². The first kappa shape index (κ1) is 14.6. The maximum atomic E-state index is 4.38. The van der Waals surface area contributed by atoms with Gasteiger partial charge in [0.15, 0.2) is 0 Å². The fraction of sp³-hybridized carbons (Fsp3) is 0.812. The summed E-state index contributed by atoms with van der Waals surface area (Å²) in [5.74, 6) is 0.640. The SMILES string of the molecule is CC1CCCC(c2cncn2CC(C)C(C)(C)C)N1. The van der Waals surface area contributed by atoms with E-state index in [-0.39, 0.29) is 0 Å². The third kappa shape index (κ3) is 3.59. The molecule has 3 nitrogen and oxygen atoms in total. The second-order valence-electron chi connectivity index (χ2n) is 7.29. The first-order chi connectivity index (χ1) is 8.88. The minimum absolute atomic E-state index is 0.342. The van der Waals surface area contributed by atoms with Crippen LogP contribution in [-0.2, 0) is 6.54 Å². The van der Waals surface area contributed by atoms with E-state index in [0.29, 0.717) is 23.4 Å². The number of aromatic nitrogens is 2. The number of rotatable bonds is 3. The zero-order chi connectivity index (χ0) is 14.0. The van der Waals surface area contributed by atoms with Gasteiger partial charge in [-0.1, -0.05) is 27.7 Å². The quantitative estimate of drug-likeness (QED) is 0.899. The molecule has 1 N–H and O–H groups in total. The van der Waals surface area contributed by atoms with Gasteiger partial charge in [-0.2, -0.15) is 0 Å². The molecule has 0 amide bonds. The Morgan fingerprint density at radius 2 is 2.16 bits per heavy atom. The van der Waals surface area contributed by atoms with Crippen LogP contribution in [0.1, 0.15) is 65.6 Å². The van der Waals surface area contributed by atoms with E-state index < -0.39 is 0 Å². The van der Waals surface area contributed by atoms with Crippen LogP contribution in [0.5, 0.6) is 0 Å². The van der Waals surface area contributed by atoms with E-state index in [2.05, 4.69) is 49.5 Å². The Morgan fingerprint density at radius 1 is 1.42 bits per heavy atom. The molecule has 0 aliphatic carbocycles. The third-order valence-electron chi connectivity index (χ3n) is 4.67. The minimum Gasteiger partial charge on any atom is -0.333 e. The van der Waals surface area contributed by atoms with Crippen molar-refractivity contribution in [2.45, 2.75) is 72.5 Å². The summed E-state index contributed by atoms with van der Waals surface area (Å²) in [6.07, 6.45) is 7.89. The highest BCUT2D eigenvalue weighted by Crippen LogP contribution is 2.29. The number of hydrogen-bond donors (Lipinski definition) is 1. The van der Waals surface area contributed by atoms with Crippen molar-refractivity contribution in [3.05, 3.63) is 18.2 Å². The molecule has 1 aromatic heterocycles. The third-order valence-corrected chi connectivity index (χ3v) is 4.67. The van der Waals surface area contributed by atoms with Gasteiger partial charge in [0.1, 0.15) is 0 Å². The minimum atomic E-state index is 0.342. The van der Waals surface area contributed by atoms with Crippen LogP contribution >= 0.6 is 0 Å². The van der Waals surface area contributed by atoms with Gasteiger partial charge in [0, 0.05) is 24.8 Å². The standard InChI is InChI=1S/C16H29N3/c1-12(16(3,4)5)10-19-11-17-9-15(19)14-8-6-7-13(2)18-14/h9,11-14,18H,6-8,10H2,1-5H3. The number of imidazole rings is 1. The van der Waals surface area contributed by atoms with E-state index in [1.165, 1.54) is 25.0 Å². The molecule has 1 aliphatic heterocycles. The van der Waals surface area contributed by atoms with E-state index in [1.807, 2.05) is 12.5 Å². The Morgan fingerprint density at radius 3 is 2.79 bits per heavy atom. The fourth-order valence-corrected chi connectivity index (χ4v) is 2.71. The van der Waals surface area contributed by atoms with E-state index in [0.717, 1.165) is 6.54 Å². The molecule has 1 fully saturated rings. The summed E-state index contributed by atoms with van der Waals surface area (Å²) in [6, 6.07) is 1.11. The summed E-state index contributed by atoms with van der Waals surface area (Å²) in [6.45, 7) is 12.6. The van der Waals surface area contributed by atoms with Crippen LogP contribution in [0.2, 0.25) is 0 Å². The van der Waals surface area contributed by atoms with Gasteiger partial charge in [0.05, 0.1) is 12.0 Å². The Hall–Kier alpha value is -0.830. The maximum absolute atomic E-state index is 4.38. The van der Waals surface area contributed by atoms with Crippen LogP contribution in [0.25, 0.3) is 0 Å². The maximum Gasteiger partial charge on any atom is 0.0948 e. The van der Waals surface area contributed by atoms with Crippen molar-refractivity contribution in [1.29, 1.82) is 0 Å². The number of hydrogen-bond acceptors (Lipinski definition) is 2. The number of nitrogens with one attached hydrogen (secondary N) is 1. The summed E-state index contributed by atoms with van der Waals surface area (Å²) in [4.78, 5) is 4.38. The van der Waals surface area contributed by atoms with E-state index in [4.69, 9.17) is 0 Å². The van der Waals surface area contributed by atoms with Gasteiger partial charge in [-0.25, -0.2) is 4.98 Å². The second kappa shape index (κ2) is 5.66. The Balaban J connectivity index is 2.09. The molecule has 0 radical (unpaired) electrons. The lowest BCUT2D eigenvalue weighted by Crippen LogP contribution is -2.36. The van der Waals surface area contributed by atoms with Gasteiger partial charge in [0.25, 0.3) is 0 Å². The topological polar surface area (TPSA) is 29.9 Å².